The topological polar surface area (TPSA) is 134 Å². The summed E-state index contributed by atoms with van der Waals surface area (Å²) < 4.78 is 32.8. The number of nitrogens with two attached hydrogens (primary N) is 1. The minimum Gasteiger partial charge on any atom is -0.462 e. The molecule has 0 spiro atoms. The standard InChI is InChI=1S/C58H92NO8P/c1-3-5-7-9-11-13-15-17-19-20-21-22-23-24-25-26-27-28-29-30-31-32-33-34-35-36-37-39-41-43-45-47-49-51-58(61)67-56(55-66-68(62,63)65-53-52-59)54-64-57(60)50-48-46-44-42-40-38-18-16-14-12-10-8-6-4-2/h5,7,10-13,16-19,21-22,24-25,27-28,30-31,33-34,36-37,41,43,56H,3-4,6,8-9,14-15,20,23,26,29,32,35,38-40,42,44-55,59H2,1-2H3,(H,62,63)/b7-5-,12-10-,13-11-,18-16-,19-17-,22-21-,25-24-,28-27-,31-30-,34-33-,37-36-,43-41-. The predicted octanol–water partition coefficient (Wildman–Crippen LogP) is 16.0. The van der Waals surface area contributed by atoms with E-state index in [0.717, 1.165) is 122 Å². The lowest BCUT2D eigenvalue weighted by Crippen LogP contribution is -2.29. The Kier molecular flexibility index (Phi) is 49.1. The number of hydrogen-bond donors (Lipinski definition) is 2. The number of phosphoric acid groups is 1. The van der Waals surface area contributed by atoms with Crippen molar-refractivity contribution in [3.05, 3.63) is 146 Å². The molecule has 0 heterocycles. The Morgan fingerprint density at radius 2 is 0.809 bits per heavy atom. The van der Waals surface area contributed by atoms with Crippen LogP contribution in [0.2, 0.25) is 0 Å². The molecule has 0 radical (unpaired) electrons. The van der Waals surface area contributed by atoms with Crippen LogP contribution in [0.1, 0.15) is 174 Å². The molecule has 0 saturated carbocycles. The maximum Gasteiger partial charge on any atom is 0.472 e. The quantitative estimate of drug-likeness (QED) is 0.0265. The average Bonchev–Trinajstić information content (AvgIpc) is 3.33. The molecule has 0 aromatic heterocycles. The fraction of sp³-hybridized carbons (Fsp3) is 0.552. The van der Waals surface area contributed by atoms with Crippen LogP contribution in [-0.4, -0.2) is 49.3 Å². The second kappa shape index (κ2) is 52.3. The number of ether oxygens (including phenoxy) is 2. The van der Waals surface area contributed by atoms with Gasteiger partial charge in [-0.25, -0.2) is 4.57 Å². The number of hydrogen-bond acceptors (Lipinski definition) is 8. The first-order chi connectivity index (χ1) is 33.3. The van der Waals surface area contributed by atoms with Gasteiger partial charge in [0.1, 0.15) is 6.61 Å². The van der Waals surface area contributed by atoms with Gasteiger partial charge in [-0.3, -0.25) is 18.6 Å². The molecule has 0 aliphatic rings. The highest BCUT2D eigenvalue weighted by Gasteiger charge is 2.26. The molecule has 0 aromatic carbocycles. The van der Waals surface area contributed by atoms with Crippen LogP contribution in [0, 0.1) is 0 Å². The van der Waals surface area contributed by atoms with Crippen LogP contribution in [0.4, 0.5) is 0 Å². The van der Waals surface area contributed by atoms with Crippen molar-refractivity contribution in [2.45, 2.75) is 180 Å². The third kappa shape index (κ3) is 51.3. The molecule has 0 amide bonds. The highest BCUT2D eigenvalue weighted by Crippen LogP contribution is 2.43. The Morgan fingerprint density at radius 1 is 0.456 bits per heavy atom. The van der Waals surface area contributed by atoms with Gasteiger partial charge in [-0.15, -0.1) is 0 Å². The Morgan fingerprint density at radius 3 is 1.24 bits per heavy atom. The van der Waals surface area contributed by atoms with Gasteiger partial charge in [0.05, 0.1) is 13.2 Å². The Bertz CT molecular complexity index is 1610. The molecule has 0 rings (SSSR count). The van der Waals surface area contributed by atoms with E-state index in [0.29, 0.717) is 12.8 Å². The molecule has 2 atom stereocenters. The molecule has 0 fully saturated rings. The van der Waals surface area contributed by atoms with Crippen molar-refractivity contribution in [1.29, 1.82) is 0 Å². The molecule has 68 heavy (non-hydrogen) atoms. The van der Waals surface area contributed by atoms with Crippen LogP contribution in [0.15, 0.2) is 146 Å². The van der Waals surface area contributed by atoms with Crippen molar-refractivity contribution in [3.63, 3.8) is 0 Å². The van der Waals surface area contributed by atoms with Crippen molar-refractivity contribution in [2.75, 3.05) is 26.4 Å². The summed E-state index contributed by atoms with van der Waals surface area (Å²) in [5.74, 6) is -0.911. The molecular weight excluding hydrogens is 870 g/mol. The number of phosphoric ester groups is 1. The molecular formula is C58H92NO8P. The minimum atomic E-state index is -4.41. The smallest absolute Gasteiger partial charge is 0.462 e. The summed E-state index contributed by atoms with van der Waals surface area (Å²) in [6, 6.07) is 0. The van der Waals surface area contributed by atoms with Gasteiger partial charge >= 0.3 is 19.8 Å². The second-order valence-electron chi connectivity index (χ2n) is 16.3. The zero-order valence-corrected chi connectivity index (χ0v) is 43.2. The lowest BCUT2D eigenvalue weighted by molar-refractivity contribution is -0.161. The first-order valence-electron chi connectivity index (χ1n) is 25.8. The lowest BCUT2D eigenvalue weighted by atomic mass is 10.1. The lowest BCUT2D eigenvalue weighted by Gasteiger charge is -2.19. The average molecular weight is 962 g/mol. The number of unbranched alkanes of at least 4 members (excludes halogenated alkanes) is 9. The van der Waals surface area contributed by atoms with Gasteiger partial charge in [0.15, 0.2) is 6.10 Å². The summed E-state index contributed by atoms with van der Waals surface area (Å²) in [6.45, 7) is 3.48. The molecule has 9 nitrogen and oxygen atoms in total. The third-order valence-electron chi connectivity index (χ3n) is 9.96. The molecule has 10 heteroatoms. The van der Waals surface area contributed by atoms with Gasteiger partial charge in [0, 0.05) is 19.4 Å². The maximum absolute atomic E-state index is 12.6. The third-order valence-corrected chi connectivity index (χ3v) is 10.9. The Hall–Kier alpha value is -4.11. The summed E-state index contributed by atoms with van der Waals surface area (Å²) in [7, 11) is -4.41. The number of allylic oxidation sites excluding steroid dienone is 24. The molecule has 3 N–H and O–H groups in total. The first-order valence-corrected chi connectivity index (χ1v) is 27.3. The van der Waals surface area contributed by atoms with Crippen LogP contribution >= 0.6 is 7.82 Å². The van der Waals surface area contributed by atoms with Gasteiger partial charge in [-0.1, -0.05) is 192 Å². The largest absolute Gasteiger partial charge is 0.472 e. The predicted molar refractivity (Wildman–Crippen MR) is 288 cm³/mol. The zero-order chi connectivity index (χ0) is 49.5. The van der Waals surface area contributed by atoms with E-state index < -0.39 is 32.5 Å². The summed E-state index contributed by atoms with van der Waals surface area (Å²) in [6.07, 6.45) is 74.7. The second-order valence-corrected chi connectivity index (χ2v) is 17.8. The van der Waals surface area contributed by atoms with Gasteiger partial charge in [0.2, 0.25) is 0 Å². The fourth-order valence-corrected chi connectivity index (χ4v) is 6.91. The fourth-order valence-electron chi connectivity index (χ4n) is 6.15. The van der Waals surface area contributed by atoms with E-state index in [1.165, 1.54) is 12.8 Å². The summed E-state index contributed by atoms with van der Waals surface area (Å²) in [4.78, 5) is 35.0. The van der Waals surface area contributed by atoms with Gasteiger partial charge < -0.3 is 20.1 Å². The van der Waals surface area contributed by atoms with Crippen molar-refractivity contribution >= 4 is 19.8 Å². The molecule has 0 aromatic rings. The number of rotatable bonds is 46. The van der Waals surface area contributed by atoms with E-state index in [1.807, 2.05) is 0 Å². The number of carbonyl (C=O) groups is 2. The van der Waals surface area contributed by atoms with Gasteiger partial charge in [-0.2, -0.15) is 0 Å². The first kappa shape index (κ1) is 63.9. The van der Waals surface area contributed by atoms with Crippen molar-refractivity contribution in [3.8, 4) is 0 Å². The molecule has 2 unspecified atom stereocenters. The zero-order valence-electron chi connectivity index (χ0n) is 42.3. The number of carbonyl (C=O) groups excluding carboxylic acids is 2. The van der Waals surface area contributed by atoms with Crippen molar-refractivity contribution < 1.29 is 37.6 Å². The maximum atomic E-state index is 12.6. The summed E-state index contributed by atoms with van der Waals surface area (Å²) in [5.41, 5.74) is 5.36. The highest BCUT2D eigenvalue weighted by atomic mass is 31.2. The SMILES string of the molecule is CC/C=C\C/C=C\C/C=C\C/C=C\C/C=C\C/C=C\C/C=C\C/C=C\C/C=C\C/C=C\CCCCC(=O)OC(COC(=O)CCCCCCC/C=C\C/C=C\CCCC)COP(=O)(O)OCCN. The van der Waals surface area contributed by atoms with E-state index >= 15 is 0 Å². The monoisotopic (exact) mass is 962 g/mol. The van der Waals surface area contributed by atoms with Crippen LogP contribution in [0.25, 0.3) is 0 Å². The van der Waals surface area contributed by atoms with Gasteiger partial charge in [0.25, 0.3) is 0 Å². The van der Waals surface area contributed by atoms with Crippen LogP contribution in [-0.2, 0) is 32.7 Å². The minimum absolute atomic E-state index is 0.0356. The van der Waals surface area contributed by atoms with Crippen LogP contribution in [0.3, 0.4) is 0 Å². The normalized spacial score (nSPS) is 14.4. The van der Waals surface area contributed by atoms with E-state index in [9.17, 15) is 19.0 Å². The Balaban J connectivity index is 4.18. The molecule has 0 bridgehead atoms. The van der Waals surface area contributed by atoms with Crippen LogP contribution < -0.4 is 5.73 Å². The molecule has 0 aliphatic carbocycles. The molecule has 382 valence electrons. The van der Waals surface area contributed by atoms with Gasteiger partial charge in [-0.05, 0) is 116 Å². The molecule has 0 aliphatic heterocycles. The van der Waals surface area contributed by atoms with E-state index in [2.05, 4.69) is 160 Å². The molecule has 0 saturated heterocycles. The van der Waals surface area contributed by atoms with E-state index in [1.54, 1.807) is 0 Å². The van der Waals surface area contributed by atoms with Crippen molar-refractivity contribution in [2.24, 2.45) is 5.73 Å². The van der Waals surface area contributed by atoms with Crippen molar-refractivity contribution in [1.82, 2.24) is 0 Å². The highest BCUT2D eigenvalue weighted by molar-refractivity contribution is 7.47. The summed E-state index contributed by atoms with van der Waals surface area (Å²) >= 11 is 0. The Labute approximate surface area is 414 Å². The van der Waals surface area contributed by atoms with E-state index in [4.69, 9.17) is 24.3 Å². The van der Waals surface area contributed by atoms with E-state index in [-0.39, 0.29) is 32.6 Å². The van der Waals surface area contributed by atoms with Crippen LogP contribution in [0.5, 0.6) is 0 Å². The number of esters is 2. The summed E-state index contributed by atoms with van der Waals surface area (Å²) in [5, 5.41) is 0.